The molecule has 0 radical (unpaired) electrons. The lowest BCUT2D eigenvalue weighted by molar-refractivity contribution is -0.121. The lowest BCUT2D eigenvalue weighted by Crippen LogP contribution is -2.48. The summed E-state index contributed by atoms with van der Waals surface area (Å²) in [5.74, 6) is 5.60. The van der Waals surface area contributed by atoms with Crippen LogP contribution < -0.4 is 10.2 Å². The second kappa shape index (κ2) is 8.80. The minimum absolute atomic E-state index is 0.0480. The van der Waals surface area contributed by atoms with Crippen molar-refractivity contribution in [3.05, 3.63) is 53.7 Å². The summed E-state index contributed by atoms with van der Waals surface area (Å²) in [6, 6.07) is 5.37. The predicted octanol–water partition coefficient (Wildman–Crippen LogP) is 2.31. The normalized spacial score (nSPS) is 20.1. The fourth-order valence-corrected chi connectivity index (χ4v) is 3.90. The van der Waals surface area contributed by atoms with Gasteiger partial charge in [0.1, 0.15) is 17.7 Å². The molecule has 1 aliphatic carbocycles. The van der Waals surface area contributed by atoms with Gasteiger partial charge in [0.05, 0.1) is 29.9 Å². The first kappa shape index (κ1) is 21.9. The molecule has 34 heavy (non-hydrogen) atoms. The number of pyridine rings is 3. The van der Waals surface area contributed by atoms with Gasteiger partial charge in [-0.2, -0.15) is 0 Å². The van der Waals surface area contributed by atoms with Gasteiger partial charge in [0, 0.05) is 41.9 Å². The third-order valence-electron chi connectivity index (χ3n) is 6.07. The lowest BCUT2D eigenvalue weighted by atomic mass is 10.1. The number of piperazine rings is 1. The summed E-state index contributed by atoms with van der Waals surface area (Å²) in [6.45, 7) is 3.70. The molecular formula is C25H23FN6O2. The highest BCUT2D eigenvalue weighted by Crippen LogP contribution is 2.34. The fraction of sp³-hybridized carbons (Fsp3) is 0.320. The second-order valence-electron chi connectivity index (χ2n) is 8.65. The number of carbonyl (C=O) groups is 2. The smallest absolute Gasteiger partial charge is 0.241 e. The standard InChI is InChI=1S/C25H23FN6O2/c1-15-21-13-29-23(30-25(34)20-9-22(20)26)10-19(21)16(11-27-15)3-4-17-5-6-18(12-28-17)32-8-7-31(2)14-24(32)33/h5-6,10-13,20,22H,7-9,14H2,1-2H3,(H,29,30,34)/t20-,22+/m0/s1. The Kier molecular flexibility index (Phi) is 5.67. The summed E-state index contributed by atoms with van der Waals surface area (Å²) in [6.07, 6.45) is 4.16. The highest BCUT2D eigenvalue weighted by molar-refractivity contribution is 5.97. The summed E-state index contributed by atoms with van der Waals surface area (Å²) in [5, 5.41) is 4.29. The molecule has 172 valence electrons. The number of hydrogen-bond donors (Lipinski definition) is 1. The maximum absolute atomic E-state index is 13.2. The van der Waals surface area contributed by atoms with Crippen LogP contribution in [0.15, 0.2) is 36.8 Å². The van der Waals surface area contributed by atoms with Crippen molar-refractivity contribution < 1.29 is 14.0 Å². The topological polar surface area (TPSA) is 91.3 Å². The van der Waals surface area contributed by atoms with E-state index in [0.717, 1.165) is 28.7 Å². The van der Waals surface area contributed by atoms with Gasteiger partial charge in [-0.25, -0.2) is 14.4 Å². The molecule has 3 aromatic heterocycles. The number of nitrogens with one attached hydrogen (secondary N) is 1. The highest BCUT2D eigenvalue weighted by Gasteiger charge is 2.43. The van der Waals surface area contributed by atoms with E-state index < -0.39 is 12.1 Å². The zero-order valence-electron chi connectivity index (χ0n) is 18.9. The molecule has 1 saturated carbocycles. The lowest BCUT2D eigenvalue weighted by Gasteiger charge is -2.31. The third kappa shape index (κ3) is 4.45. The van der Waals surface area contributed by atoms with E-state index in [-0.39, 0.29) is 18.2 Å². The Morgan fingerprint density at radius 2 is 1.94 bits per heavy atom. The number of aryl methyl sites for hydroxylation is 1. The molecule has 0 bridgehead atoms. The van der Waals surface area contributed by atoms with Gasteiger partial charge in [0.15, 0.2) is 0 Å². The number of fused-ring (bicyclic) bond motifs is 1. The van der Waals surface area contributed by atoms with Gasteiger partial charge >= 0.3 is 0 Å². The zero-order valence-corrected chi connectivity index (χ0v) is 18.9. The number of likely N-dealkylation sites (N-methyl/N-ethyl adjacent to an activating group) is 1. The van der Waals surface area contributed by atoms with Crippen LogP contribution in [0.2, 0.25) is 0 Å². The molecule has 5 rings (SSSR count). The highest BCUT2D eigenvalue weighted by atomic mass is 19.1. The maximum atomic E-state index is 13.2. The van der Waals surface area contributed by atoms with Crippen LogP contribution in [0.5, 0.6) is 0 Å². The monoisotopic (exact) mass is 458 g/mol. The van der Waals surface area contributed by atoms with E-state index in [4.69, 9.17) is 0 Å². The molecule has 9 heteroatoms. The van der Waals surface area contributed by atoms with Crippen molar-refractivity contribution >= 4 is 34.1 Å². The van der Waals surface area contributed by atoms with Crippen LogP contribution in [0.4, 0.5) is 15.9 Å². The Morgan fingerprint density at radius 3 is 2.65 bits per heavy atom. The SMILES string of the molecule is Cc1ncc(C#Cc2ccc(N3CCN(C)CC3=O)cn2)c2cc(NC(=O)[C@H]3C[C@H]3F)ncc12. The number of hydrogen-bond acceptors (Lipinski definition) is 6. The molecule has 1 saturated heterocycles. The predicted molar refractivity (Wildman–Crippen MR) is 126 cm³/mol. The Morgan fingerprint density at radius 1 is 1.12 bits per heavy atom. The largest absolute Gasteiger partial charge is 0.310 e. The number of carbonyl (C=O) groups excluding carboxylic acids is 2. The van der Waals surface area contributed by atoms with E-state index in [1.807, 2.05) is 24.9 Å². The Bertz CT molecular complexity index is 1350. The van der Waals surface area contributed by atoms with Gasteiger partial charge in [-0.05, 0) is 44.5 Å². The minimum atomic E-state index is -1.07. The average molecular weight is 458 g/mol. The van der Waals surface area contributed by atoms with Crippen LogP contribution in [-0.2, 0) is 9.59 Å². The summed E-state index contributed by atoms with van der Waals surface area (Å²) in [7, 11) is 1.93. The van der Waals surface area contributed by atoms with Gasteiger partial charge in [0.2, 0.25) is 11.8 Å². The van der Waals surface area contributed by atoms with E-state index in [0.29, 0.717) is 30.2 Å². The Hall–Kier alpha value is -3.90. The van der Waals surface area contributed by atoms with Crippen molar-refractivity contribution in [3.8, 4) is 11.8 Å². The summed E-state index contributed by atoms with van der Waals surface area (Å²) < 4.78 is 13.2. The zero-order chi connectivity index (χ0) is 23.8. The van der Waals surface area contributed by atoms with Crippen molar-refractivity contribution in [2.75, 3.05) is 36.9 Å². The number of amides is 2. The number of halogens is 1. The fourth-order valence-electron chi connectivity index (χ4n) is 3.90. The van der Waals surface area contributed by atoms with Crippen LogP contribution in [-0.4, -0.2) is 64.5 Å². The molecule has 1 N–H and O–H groups in total. The first-order valence-electron chi connectivity index (χ1n) is 11.1. The molecule has 2 aliphatic rings. The van der Waals surface area contributed by atoms with Crippen LogP contribution in [0.3, 0.4) is 0 Å². The molecule has 4 heterocycles. The second-order valence-corrected chi connectivity index (χ2v) is 8.65. The first-order valence-corrected chi connectivity index (χ1v) is 11.1. The number of rotatable bonds is 3. The Labute approximate surface area is 196 Å². The van der Waals surface area contributed by atoms with Gasteiger partial charge in [-0.1, -0.05) is 5.92 Å². The van der Waals surface area contributed by atoms with E-state index in [1.165, 1.54) is 0 Å². The van der Waals surface area contributed by atoms with E-state index in [9.17, 15) is 14.0 Å². The van der Waals surface area contributed by atoms with Gasteiger partial charge in [0.25, 0.3) is 0 Å². The molecule has 0 aromatic carbocycles. The van der Waals surface area contributed by atoms with Crippen molar-refractivity contribution in [1.29, 1.82) is 0 Å². The van der Waals surface area contributed by atoms with Crippen molar-refractivity contribution in [3.63, 3.8) is 0 Å². The summed E-state index contributed by atoms with van der Waals surface area (Å²) in [4.78, 5) is 41.2. The maximum Gasteiger partial charge on any atom is 0.241 e. The van der Waals surface area contributed by atoms with Crippen molar-refractivity contribution in [2.45, 2.75) is 19.5 Å². The first-order chi connectivity index (χ1) is 16.4. The van der Waals surface area contributed by atoms with E-state index in [2.05, 4.69) is 32.1 Å². The van der Waals surface area contributed by atoms with Crippen LogP contribution in [0, 0.1) is 24.7 Å². The molecule has 0 unspecified atom stereocenters. The van der Waals surface area contributed by atoms with E-state index >= 15 is 0 Å². The van der Waals surface area contributed by atoms with E-state index in [1.54, 1.807) is 35.6 Å². The summed E-state index contributed by atoms with van der Waals surface area (Å²) in [5.41, 5.74) is 2.76. The molecular weight excluding hydrogens is 435 g/mol. The number of aromatic nitrogens is 3. The number of nitrogens with zero attached hydrogens (tertiary/aromatic N) is 5. The molecule has 8 nitrogen and oxygen atoms in total. The van der Waals surface area contributed by atoms with Crippen molar-refractivity contribution in [2.24, 2.45) is 5.92 Å². The quantitative estimate of drug-likeness (QED) is 0.606. The molecule has 1 aliphatic heterocycles. The Balaban J connectivity index is 1.39. The number of alkyl halides is 1. The molecule has 2 fully saturated rings. The van der Waals surface area contributed by atoms with Gasteiger partial charge in [-0.3, -0.25) is 19.5 Å². The number of anilines is 2. The van der Waals surface area contributed by atoms with Crippen LogP contribution in [0.25, 0.3) is 10.8 Å². The minimum Gasteiger partial charge on any atom is -0.310 e. The molecule has 3 aromatic rings. The van der Waals surface area contributed by atoms with Crippen LogP contribution in [0.1, 0.15) is 23.4 Å². The molecule has 2 atom stereocenters. The average Bonchev–Trinajstić information content (AvgIpc) is 3.56. The third-order valence-corrected chi connectivity index (χ3v) is 6.07. The molecule has 0 spiro atoms. The van der Waals surface area contributed by atoms with Gasteiger partial charge < -0.3 is 10.2 Å². The van der Waals surface area contributed by atoms with Gasteiger partial charge in [-0.15, -0.1) is 0 Å². The molecule has 2 amide bonds. The summed E-state index contributed by atoms with van der Waals surface area (Å²) >= 11 is 0. The van der Waals surface area contributed by atoms with Crippen molar-refractivity contribution in [1.82, 2.24) is 19.9 Å². The van der Waals surface area contributed by atoms with Crippen LogP contribution >= 0.6 is 0 Å².